The number of fused-ring (bicyclic) bond motifs is 1. The second-order valence-corrected chi connectivity index (χ2v) is 6.32. The normalized spacial score (nSPS) is 25.3. The van der Waals surface area contributed by atoms with Crippen LogP contribution in [0.15, 0.2) is 18.2 Å². The maximum atomic E-state index is 12.3. The lowest BCUT2D eigenvalue weighted by Crippen LogP contribution is -2.37. The van der Waals surface area contributed by atoms with Gasteiger partial charge in [0.05, 0.1) is 12.0 Å². The summed E-state index contributed by atoms with van der Waals surface area (Å²) in [6, 6.07) is 5.39. The number of rotatable bonds is 4. The number of ether oxygens (including phenoxy) is 3. The highest BCUT2D eigenvalue weighted by atomic mass is 16.7. The van der Waals surface area contributed by atoms with Gasteiger partial charge in [0.25, 0.3) is 0 Å². The van der Waals surface area contributed by atoms with Gasteiger partial charge in [-0.25, -0.2) is 0 Å². The predicted octanol–water partition coefficient (Wildman–Crippen LogP) is 1.06. The number of nitrogens with one attached hydrogen (secondary N) is 1. The summed E-state index contributed by atoms with van der Waals surface area (Å²) in [6.45, 7) is 1.87. The van der Waals surface area contributed by atoms with Crippen LogP contribution in [0.3, 0.4) is 0 Å². The first-order chi connectivity index (χ1) is 11.7. The minimum absolute atomic E-state index is 0.0499. The summed E-state index contributed by atoms with van der Waals surface area (Å²) in [5, 5.41) is 2.91. The number of hydrogen-bond acceptors (Lipinski definition) is 5. The van der Waals surface area contributed by atoms with E-state index in [0.717, 1.165) is 25.1 Å². The van der Waals surface area contributed by atoms with Gasteiger partial charge < -0.3 is 24.4 Å². The standard InChI is InChI=1S/C17H20N2O5/c20-16-6-11(17(21)18-8-13-2-1-5-22-13)9-19(16)12-3-4-14-15(7-12)24-10-23-14/h3-4,7,11,13H,1-2,5-6,8-10H2,(H,18,21)/t11-,13+/m1/s1. The molecule has 7 heteroatoms. The Hall–Kier alpha value is -2.28. The molecule has 128 valence electrons. The van der Waals surface area contributed by atoms with Crippen LogP contribution in [0.1, 0.15) is 19.3 Å². The third-order valence-corrected chi connectivity index (χ3v) is 4.69. The highest BCUT2D eigenvalue weighted by molar-refractivity contribution is 6.00. The molecule has 2 atom stereocenters. The van der Waals surface area contributed by atoms with Crippen LogP contribution in [-0.2, 0) is 14.3 Å². The van der Waals surface area contributed by atoms with Crippen molar-refractivity contribution in [2.45, 2.75) is 25.4 Å². The Morgan fingerprint density at radius 2 is 2.17 bits per heavy atom. The average Bonchev–Trinajstić information content (AvgIpc) is 3.32. The van der Waals surface area contributed by atoms with Crippen molar-refractivity contribution in [3.05, 3.63) is 18.2 Å². The van der Waals surface area contributed by atoms with Gasteiger partial charge in [-0.05, 0) is 25.0 Å². The van der Waals surface area contributed by atoms with Crippen LogP contribution in [0.4, 0.5) is 5.69 Å². The maximum absolute atomic E-state index is 12.3. The number of anilines is 1. The third kappa shape index (κ3) is 2.91. The van der Waals surface area contributed by atoms with Crippen LogP contribution in [0.2, 0.25) is 0 Å². The van der Waals surface area contributed by atoms with Crippen LogP contribution in [0.25, 0.3) is 0 Å². The van der Waals surface area contributed by atoms with Gasteiger partial charge >= 0.3 is 0 Å². The Morgan fingerprint density at radius 3 is 3.00 bits per heavy atom. The molecular weight excluding hydrogens is 312 g/mol. The molecule has 1 aromatic carbocycles. The minimum Gasteiger partial charge on any atom is -0.454 e. The van der Waals surface area contributed by atoms with E-state index in [4.69, 9.17) is 14.2 Å². The first-order valence-electron chi connectivity index (χ1n) is 8.30. The van der Waals surface area contributed by atoms with Crippen molar-refractivity contribution >= 4 is 17.5 Å². The molecule has 2 amide bonds. The summed E-state index contributed by atoms with van der Waals surface area (Å²) in [4.78, 5) is 26.3. The van der Waals surface area contributed by atoms with Crippen molar-refractivity contribution in [1.29, 1.82) is 0 Å². The monoisotopic (exact) mass is 332 g/mol. The fourth-order valence-electron chi connectivity index (χ4n) is 3.35. The fourth-order valence-corrected chi connectivity index (χ4v) is 3.35. The van der Waals surface area contributed by atoms with Crippen molar-refractivity contribution in [2.75, 3.05) is 31.4 Å². The highest BCUT2D eigenvalue weighted by Crippen LogP contribution is 2.37. The molecule has 7 nitrogen and oxygen atoms in total. The molecule has 0 unspecified atom stereocenters. The van der Waals surface area contributed by atoms with Crippen molar-refractivity contribution in [2.24, 2.45) is 5.92 Å². The topological polar surface area (TPSA) is 77.1 Å². The lowest BCUT2D eigenvalue weighted by molar-refractivity contribution is -0.126. The zero-order valence-electron chi connectivity index (χ0n) is 13.3. The largest absolute Gasteiger partial charge is 0.454 e. The molecule has 0 radical (unpaired) electrons. The Kier molecular flexibility index (Phi) is 4.02. The first-order valence-corrected chi connectivity index (χ1v) is 8.30. The Balaban J connectivity index is 1.38. The summed E-state index contributed by atoms with van der Waals surface area (Å²) < 4.78 is 16.1. The van der Waals surface area contributed by atoms with Gasteiger partial charge in [0.15, 0.2) is 11.5 Å². The second-order valence-electron chi connectivity index (χ2n) is 6.32. The van der Waals surface area contributed by atoms with E-state index in [1.807, 2.05) is 6.07 Å². The van der Waals surface area contributed by atoms with Crippen molar-refractivity contribution < 1.29 is 23.8 Å². The number of hydrogen-bond donors (Lipinski definition) is 1. The molecule has 1 N–H and O–H groups in total. The molecule has 0 aromatic heterocycles. The quantitative estimate of drug-likeness (QED) is 0.892. The van der Waals surface area contributed by atoms with Crippen molar-refractivity contribution in [3.63, 3.8) is 0 Å². The minimum atomic E-state index is -0.329. The Bertz CT molecular complexity index is 656. The van der Waals surface area contributed by atoms with Gasteiger partial charge in [-0.2, -0.15) is 0 Å². The summed E-state index contributed by atoms with van der Waals surface area (Å²) >= 11 is 0. The van der Waals surface area contributed by atoms with E-state index in [1.165, 1.54) is 0 Å². The number of carbonyl (C=O) groups excluding carboxylic acids is 2. The lowest BCUT2D eigenvalue weighted by atomic mass is 10.1. The van der Waals surface area contributed by atoms with Gasteiger partial charge in [0, 0.05) is 37.9 Å². The van der Waals surface area contributed by atoms with E-state index in [-0.39, 0.29) is 37.0 Å². The SMILES string of the molecule is O=C(NC[C@@H]1CCCO1)[C@@H]1CC(=O)N(c2ccc3c(c2)OCO3)C1. The van der Waals surface area contributed by atoms with Gasteiger partial charge in [-0.1, -0.05) is 0 Å². The molecule has 1 aromatic rings. The van der Waals surface area contributed by atoms with E-state index in [9.17, 15) is 9.59 Å². The molecular formula is C17H20N2O5. The molecule has 2 fully saturated rings. The van der Waals surface area contributed by atoms with Crippen LogP contribution < -0.4 is 19.7 Å². The number of benzene rings is 1. The maximum Gasteiger partial charge on any atom is 0.231 e. The summed E-state index contributed by atoms with van der Waals surface area (Å²) in [5.74, 6) is 0.848. The molecule has 4 rings (SSSR count). The fraction of sp³-hybridized carbons (Fsp3) is 0.529. The van der Waals surface area contributed by atoms with Gasteiger partial charge in [-0.3, -0.25) is 9.59 Å². The van der Waals surface area contributed by atoms with Crippen LogP contribution in [0.5, 0.6) is 11.5 Å². The third-order valence-electron chi connectivity index (χ3n) is 4.69. The molecule has 0 spiro atoms. The van der Waals surface area contributed by atoms with Gasteiger partial charge in [0.1, 0.15) is 0 Å². The number of amides is 2. The smallest absolute Gasteiger partial charge is 0.231 e. The predicted molar refractivity (Wildman–Crippen MR) is 85.0 cm³/mol. The molecule has 0 bridgehead atoms. The Morgan fingerprint density at radius 1 is 1.29 bits per heavy atom. The molecule has 0 aliphatic carbocycles. The second kappa shape index (κ2) is 6.32. The molecule has 3 aliphatic rings. The summed E-state index contributed by atoms with van der Waals surface area (Å²) in [5.41, 5.74) is 0.735. The van der Waals surface area contributed by atoms with Crippen LogP contribution in [-0.4, -0.2) is 44.4 Å². The van der Waals surface area contributed by atoms with E-state index in [1.54, 1.807) is 17.0 Å². The number of nitrogens with zero attached hydrogens (tertiary/aromatic N) is 1. The van der Waals surface area contributed by atoms with Crippen molar-refractivity contribution in [1.82, 2.24) is 5.32 Å². The van der Waals surface area contributed by atoms with Crippen molar-refractivity contribution in [3.8, 4) is 11.5 Å². The number of carbonyl (C=O) groups is 2. The lowest BCUT2D eigenvalue weighted by Gasteiger charge is -2.17. The Labute approximate surface area is 139 Å². The van der Waals surface area contributed by atoms with E-state index < -0.39 is 0 Å². The zero-order chi connectivity index (χ0) is 16.5. The summed E-state index contributed by atoms with van der Waals surface area (Å²) in [6.07, 6.45) is 2.36. The molecule has 2 saturated heterocycles. The van der Waals surface area contributed by atoms with Crippen LogP contribution in [0, 0.1) is 5.92 Å². The zero-order valence-corrected chi connectivity index (χ0v) is 13.3. The molecule has 3 heterocycles. The van der Waals surface area contributed by atoms with E-state index >= 15 is 0 Å². The first kappa shape index (κ1) is 15.3. The van der Waals surface area contributed by atoms with Gasteiger partial charge in [-0.15, -0.1) is 0 Å². The van der Waals surface area contributed by atoms with Crippen LogP contribution >= 0.6 is 0 Å². The van der Waals surface area contributed by atoms with E-state index in [0.29, 0.717) is 24.6 Å². The molecule has 3 aliphatic heterocycles. The van der Waals surface area contributed by atoms with E-state index in [2.05, 4.69) is 5.32 Å². The van der Waals surface area contributed by atoms with Gasteiger partial charge in [0.2, 0.25) is 18.6 Å². The molecule has 24 heavy (non-hydrogen) atoms. The molecule has 0 saturated carbocycles. The average molecular weight is 332 g/mol. The highest BCUT2D eigenvalue weighted by Gasteiger charge is 2.36. The summed E-state index contributed by atoms with van der Waals surface area (Å²) in [7, 11) is 0.